The van der Waals surface area contributed by atoms with Crippen LogP contribution >= 0.6 is 0 Å². The summed E-state index contributed by atoms with van der Waals surface area (Å²) in [5, 5.41) is 0. The van der Waals surface area contributed by atoms with Gasteiger partial charge in [-0.05, 0) is 37.5 Å². The molecule has 0 aromatic heterocycles. The summed E-state index contributed by atoms with van der Waals surface area (Å²) in [6.07, 6.45) is 3.47. The lowest BCUT2D eigenvalue weighted by molar-refractivity contribution is 0.100. The highest BCUT2D eigenvalue weighted by atomic mass is 16.2. The number of nitrogen functional groups attached to an aromatic ring is 1. The topological polar surface area (TPSA) is 115 Å². The number of hydrogen-bond acceptors (Lipinski definition) is 3. The van der Waals surface area contributed by atoms with Crippen LogP contribution in [0.3, 0.4) is 0 Å². The highest BCUT2D eigenvalue weighted by Gasteiger charge is 2.11. The number of likely N-dealkylation sites (tertiary alicyclic amines) is 1. The summed E-state index contributed by atoms with van der Waals surface area (Å²) in [7, 11) is 0. The molecule has 1 aromatic rings. The van der Waals surface area contributed by atoms with Crippen molar-refractivity contribution in [3.8, 4) is 0 Å². The van der Waals surface area contributed by atoms with E-state index < -0.39 is 5.91 Å². The molecule has 6 nitrogen and oxygen atoms in total. The van der Waals surface area contributed by atoms with E-state index in [1.165, 1.54) is 6.42 Å². The summed E-state index contributed by atoms with van der Waals surface area (Å²) in [4.78, 5) is 22.7. The molecular formula is C13H20N4O2. The zero-order chi connectivity index (χ0) is 14.3. The maximum absolute atomic E-state index is 10.5. The molecule has 2 rings (SSSR count). The normalized spacial score (nSPS) is 14.2. The molecule has 19 heavy (non-hydrogen) atoms. The Morgan fingerprint density at radius 3 is 2.05 bits per heavy atom. The summed E-state index contributed by atoms with van der Waals surface area (Å²) < 4.78 is 0. The fourth-order valence-corrected chi connectivity index (χ4v) is 1.81. The van der Waals surface area contributed by atoms with Crippen molar-refractivity contribution >= 4 is 17.6 Å². The SMILES string of the molecule is NC(=O)N1CCCCC1.NC(=O)c1cccc(N)c1. The number of hydrogen-bond donors (Lipinski definition) is 3. The summed E-state index contributed by atoms with van der Waals surface area (Å²) in [5.41, 5.74) is 16.4. The summed E-state index contributed by atoms with van der Waals surface area (Å²) >= 11 is 0. The van der Waals surface area contributed by atoms with E-state index >= 15 is 0 Å². The molecule has 0 aliphatic carbocycles. The van der Waals surface area contributed by atoms with Gasteiger partial charge in [-0.2, -0.15) is 0 Å². The van der Waals surface area contributed by atoms with Crippen molar-refractivity contribution in [2.24, 2.45) is 11.5 Å². The Balaban J connectivity index is 0.000000191. The second-order valence-corrected chi connectivity index (χ2v) is 4.38. The molecule has 104 valence electrons. The molecule has 0 unspecified atom stereocenters. The Bertz CT molecular complexity index is 442. The second-order valence-electron chi connectivity index (χ2n) is 4.38. The average Bonchev–Trinajstić information content (AvgIpc) is 2.40. The molecule has 1 aromatic carbocycles. The maximum atomic E-state index is 10.5. The lowest BCUT2D eigenvalue weighted by atomic mass is 10.1. The van der Waals surface area contributed by atoms with Crippen molar-refractivity contribution in [3.63, 3.8) is 0 Å². The van der Waals surface area contributed by atoms with Crippen LogP contribution in [0.1, 0.15) is 29.6 Å². The van der Waals surface area contributed by atoms with Crippen LogP contribution in [0.5, 0.6) is 0 Å². The lowest BCUT2D eigenvalue weighted by Gasteiger charge is -2.24. The van der Waals surface area contributed by atoms with Gasteiger partial charge in [-0.1, -0.05) is 6.07 Å². The molecule has 0 radical (unpaired) electrons. The van der Waals surface area contributed by atoms with Crippen molar-refractivity contribution < 1.29 is 9.59 Å². The van der Waals surface area contributed by atoms with Crippen LogP contribution in [0.25, 0.3) is 0 Å². The van der Waals surface area contributed by atoms with Gasteiger partial charge in [-0.25, -0.2) is 4.79 Å². The molecule has 1 fully saturated rings. The first-order valence-corrected chi connectivity index (χ1v) is 6.20. The third-order valence-corrected chi connectivity index (χ3v) is 2.84. The molecule has 1 saturated heterocycles. The number of urea groups is 1. The minimum absolute atomic E-state index is 0.269. The molecule has 6 heteroatoms. The number of nitrogens with zero attached hydrogens (tertiary/aromatic N) is 1. The average molecular weight is 264 g/mol. The smallest absolute Gasteiger partial charge is 0.314 e. The molecule has 1 aliphatic heterocycles. The van der Waals surface area contributed by atoms with E-state index in [1.807, 2.05) is 0 Å². The monoisotopic (exact) mass is 264 g/mol. The quantitative estimate of drug-likeness (QED) is 0.655. The molecule has 0 saturated carbocycles. The van der Waals surface area contributed by atoms with Gasteiger partial charge in [0.1, 0.15) is 0 Å². The van der Waals surface area contributed by atoms with Crippen molar-refractivity contribution in [1.82, 2.24) is 4.90 Å². The van der Waals surface area contributed by atoms with E-state index in [2.05, 4.69) is 0 Å². The zero-order valence-corrected chi connectivity index (χ0v) is 10.8. The number of nitrogens with two attached hydrogens (primary N) is 3. The van der Waals surface area contributed by atoms with Crippen LogP contribution in [0.2, 0.25) is 0 Å². The number of anilines is 1. The van der Waals surface area contributed by atoms with Crippen LogP contribution in [-0.2, 0) is 0 Å². The second kappa shape index (κ2) is 7.25. The number of amides is 3. The number of rotatable bonds is 1. The van der Waals surface area contributed by atoms with Gasteiger partial charge in [0.25, 0.3) is 0 Å². The molecule has 0 bridgehead atoms. The van der Waals surface area contributed by atoms with Gasteiger partial charge < -0.3 is 22.1 Å². The van der Waals surface area contributed by atoms with Crippen molar-refractivity contribution in [3.05, 3.63) is 29.8 Å². The van der Waals surface area contributed by atoms with Crippen LogP contribution in [0, 0.1) is 0 Å². The van der Waals surface area contributed by atoms with Crippen molar-refractivity contribution in [2.45, 2.75) is 19.3 Å². The first kappa shape index (κ1) is 14.8. The van der Waals surface area contributed by atoms with E-state index in [0.29, 0.717) is 11.3 Å². The van der Waals surface area contributed by atoms with Gasteiger partial charge >= 0.3 is 6.03 Å². The summed E-state index contributed by atoms with van der Waals surface area (Å²) in [6, 6.07) is 6.29. The van der Waals surface area contributed by atoms with Crippen LogP contribution in [0.4, 0.5) is 10.5 Å². The summed E-state index contributed by atoms with van der Waals surface area (Å²) in [5.74, 6) is -0.452. The van der Waals surface area contributed by atoms with Crippen molar-refractivity contribution in [2.75, 3.05) is 18.8 Å². The Morgan fingerprint density at radius 1 is 1.05 bits per heavy atom. The number of carbonyl (C=O) groups is 2. The van der Waals surface area contributed by atoms with Crippen LogP contribution in [-0.4, -0.2) is 29.9 Å². The fraction of sp³-hybridized carbons (Fsp3) is 0.385. The predicted octanol–water partition coefficient (Wildman–Crippen LogP) is 0.919. The zero-order valence-electron chi connectivity index (χ0n) is 10.8. The summed E-state index contributed by atoms with van der Waals surface area (Å²) in [6.45, 7) is 1.71. The van der Waals surface area contributed by atoms with Gasteiger partial charge in [-0.3, -0.25) is 4.79 Å². The highest BCUT2D eigenvalue weighted by molar-refractivity contribution is 5.93. The fourth-order valence-electron chi connectivity index (χ4n) is 1.81. The van der Waals surface area contributed by atoms with Crippen molar-refractivity contribution in [1.29, 1.82) is 0 Å². The van der Waals surface area contributed by atoms with Crippen LogP contribution < -0.4 is 17.2 Å². The third kappa shape index (κ3) is 5.29. The Morgan fingerprint density at radius 2 is 1.68 bits per heavy atom. The first-order valence-electron chi connectivity index (χ1n) is 6.20. The maximum Gasteiger partial charge on any atom is 0.314 e. The van der Waals surface area contributed by atoms with Gasteiger partial charge in [0.2, 0.25) is 5.91 Å². The largest absolute Gasteiger partial charge is 0.399 e. The molecule has 1 aliphatic rings. The van der Waals surface area contributed by atoms with E-state index in [0.717, 1.165) is 25.9 Å². The Hall–Kier alpha value is -2.24. The molecule has 3 amide bonds. The van der Waals surface area contributed by atoms with E-state index in [4.69, 9.17) is 17.2 Å². The first-order chi connectivity index (χ1) is 9.00. The van der Waals surface area contributed by atoms with Crippen LogP contribution in [0.15, 0.2) is 24.3 Å². The molecular weight excluding hydrogens is 244 g/mol. The number of benzene rings is 1. The molecule has 0 atom stereocenters. The molecule has 6 N–H and O–H groups in total. The van der Waals surface area contributed by atoms with E-state index in [9.17, 15) is 9.59 Å². The van der Waals surface area contributed by atoms with Gasteiger partial charge in [0.15, 0.2) is 0 Å². The van der Waals surface area contributed by atoms with Gasteiger partial charge in [0.05, 0.1) is 0 Å². The number of piperidine rings is 1. The van der Waals surface area contributed by atoms with Gasteiger partial charge in [-0.15, -0.1) is 0 Å². The number of carbonyl (C=O) groups excluding carboxylic acids is 2. The van der Waals surface area contributed by atoms with E-state index in [-0.39, 0.29) is 6.03 Å². The minimum atomic E-state index is -0.452. The predicted molar refractivity (Wildman–Crippen MR) is 74.4 cm³/mol. The third-order valence-electron chi connectivity index (χ3n) is 2.84. The highest BCUT2D eigenvalue weighted by Crippen LogP contribution is 2.07. The Kier molecular flexibility index (Phi) is 5.66. The standard InChI is InChI=1S/C7H8N2O.C6H12N2O/c8-6-3-1-2-5(4-6)7(9)10;7-6(9)8-4-2-1-3-5-8/h1-4H,8H2,(H2,9,10);1-5H2,(H2,7,9). The van der Waals surface area contributed by atoms with Gasteiger partial charge in [0, 0.05) is 24.3 Å². The molecule has 0 spiro atoms. The minimum Gasteiger partial charge on any atom is -0.399 e. The number of primary amides is 2. The lowest BCUT2D eigenvalue weighted by Crippen LogP contribution is -2.39. The van der Waals surface area contributed by atoms with E-state index in [1.54, 1.807) is 29.2 Å². The Labute approximate surface area is 112 Å². The molecule has 1 heterocycles.